The Kier molecular flexibility index (Phi) is 7.39. The average Bonchev–Trinajstić information content (AvgIpc) is 3.24. The molecular weight excluding hydrogens is 505 g/mol. The highest BCUT2D eigenvalue weighted by Gasteiger charge is 2.14. The number of ketones is 1. The van der Waals surface area contributed by atoms with Crippen molar-refractivity contribution in [2.75, 3.05) is 11.1 Å². The van der Waals surface area contributed by atoms with Crippen LogP contribution >= 0.6 is 46.3 Å². The first-order valence-electron chi connectivity index (χ1n) is 9.59. The summed E-state index contributed by atoms with van der Waals surface area (Å²) >= 11 is 14.3. The number of amides is 1. The highest BCUT2D eigenvalue weighted by atomic mass is 35.5. The van der Waals surface area contributed by atoms with Crippen LogP contribution in [0.15, 0.2) is 57.9 Å². The van der Waals surface area contributed by atoms with Crippen molar-refractivity contribution in [2.45, 2.75) is 17.3 Å². The molecule has 1 N–H and O–H groups in total. The van der Waals surface area contributed by atoms with Gasteiger partial charge in [0.1, 0.15) is 0 Å². The molecule has 168 valence electrons. The number of hydrogen-bond acceptors (Lipinski definition) is 8. The Labute approximate surface area is 206 Å². The highest BCUT2D eigenvalue weighted by molar-refractivity contribution is 8.01. The maximum absolute atomic E-state index is 12.5. The van der Waals surface area contributed by atoms with Crippen LogP contribution in [-0.4, -0.2) is 37.2 Å². The molecule has 0 saturated heterocycles. The fourth-order valence-corrected chi connectivity index (χ4v) is 5.07. The van der Waals surface area contributed by atoms with Crippen LogP contribution in [0.25, 0.3) is 10.9 Å². The summed E-state index contributed by atoms with van der Waals surface area (Å²) in [5, 5.41) is 12.1. The number of nitrogens with zero attached hydrogens (tertiary/aromatic N) is 4. The second kappa shape index (κ2) is 10.4. The molecule has 0 radical (unpaired) electrons. The number of benzene rings is 2. The Bertz CT molecular complexity index is 1410. The van der Waals surface area contributed by atoms with E-state index in [9.17, 15) is 14.4 Å². The molecule has 8 nitrogen and oxygen atoms in total. The standard InChI is InChI=1S/C21H15Cl2N5O3S2/c22-12-5-6-13(15(23)9-12)17(29)10-32-21-27-26-20(33-21)25-18(30)7-8-28-11-24-16-4-2-1-3-14(16)19(28)31/h1-6,9,11H,7-8,10H2,(H,25,26,30). The molecule has 2 heterocycles. The highest BCUT2D eigenvalue weighted by Crippen LogP contribution is 2.28. The number of carbonyl (C=O) groups is 2. The van der Waals surface area contributed by atoms with Gasteiger partial charge in [-0.15, -0.1) is 10.2 Å². The number of hydrogen-bond donors (Lipinski definition) is 1. The summed E-state index contributed by atoms with van der Waals surface area (Å²) in [6.45, 7) is 0.180. The molecule has 0 bridgehead atoms. The molecule has 0 saturated carbocycles. The Morgan fingerprint density at radius 1 is 1.12 bits per heavy atom. The van der Waals surface area contributed by atoms with Crippen molar-refractivity contribution in [1.29, 1.82) is 0 Å². The minimum absolute atomic E-state index is 0.0650. The number of aryl methyl sites for hydroxylation is 1. The number of fused-ring (bicyclic) bond motifs is 1. The molecule has 0 atom stereocenters. The molecule has 33 heavy (non-hydrogen) atoms. The fourth-order valence-electron chi connectivity index (χ4n) is 2.91. The molecule has 0 fully saturated rings. The zero-order valence-corrected chi connectivity index (χ0v) is 20.0. The molecule has 4 rings (SSSR count). The first-order chi connectivity index (χ1) is 15.9. The largest absolute Gasteiger partial charge is 0.300 e. The zero-order valence-electron chi connectivity index (χ0n) is 16.8. The van der Waals surface area contributed by atoms with Gasteiger partial charge in [0.15, 0.2) is 10.1 Å². The molecule has 0 unspecified atom stereocenters. The molecule has 1 amide bonds. The number of thioether (sulfide) groups is 1. The van der Waals surface area contributed by atoms with Gasteiger partial charge in [-0.1, -0.05) is 58.4 Å². The number of aromatic nitrogens is 4. The van der Waals surface area contributed by atoms with E-state index in [0.717, 1.165) is 11.3 Å². The van der Waals surface area contributed by atoms with Gasteiger partial charge in [-0.05, 0) is 30.3 Å². The van der Waals surface area contributed by atoms with E-state index in [2.05, 4.69) is 20.5 Å². The topological polar surface area (TPSA) is 107 Å². The third-order valence-corrected chi connectivity index (χ3v) is 7.04. The number of Topliss-reactive ketones (excluding diaryl/α,β-unsaturated/α-hetero) is 1. The van der Waals surface area contributed by atoms with Crippen LogP contribution in [0.1, 0.15) is 16.8 Å². The van der Waals surface area contributed by atoms with Gasteiger partial charge in [-0.25, -0.2) is 4.98 Å². The van der Waals surface area contributed by atoms with Crippen molar-refractivity contribution in [3.63, 3.8) is 0 Å². The molecule has 2 aromatic carbocycles. The summed E-state index contributed by atoms with van der Waals surface area (Å²) in [5.74, 6) is -0.370. The van der Waals surface area contributed by atoms with E-state index in [1.165, 1.54) is 28.7 Å². The molecule has 0 aliphatic heterocycles. The smallest absolute Gasteiger partial charge is 0.261 e. The lowest BCUT2D eigenvalue weighted by Gasteiger charge is -2.06. The molecule has 0 aliphatic carbocycles. The van der Waals surface area contributed by atoms with Gasteiger partial charge in [0.05, 0.1) is 28.0 Å². The monoisotopic (exact) mass is 519 g/mol. The summed E-state index contributed by atoms with van der Waals surface area (Å²) in [7, 11) is 0. The Hall–Kier alpha value is -2.79. The van der Waals surface area contributed by atoms with E-state index in [0.29, 0.717) is 36.0 Å². The van der Waals surface area contributed by atoms with Gasteiger partial charge in [0.25, 0.3) is 5.56 Å². The summed E-state index contributed by atoms with van der Waals surface area (Å²) in [5.41, 5.74) is 0.789. The predicted molar refractivity (Wildman–Crippen MR) is 131 cm³/mol. The average molecular weight is 520 g/mol. The van der Waals surface area contributed by atoms with Crippen LogP contribution in [-0.2, 0) is 11.3 Å². The van der Waals surface area contributed by atoms with E-state index in [1.54, 1.807) is 30.3 Å². The number of rotatable bonds is 8. The summed E-state index contributed by atoms with van der Waals surface area (Å²) in [6, 6.07) is 11.7. The molecule has 4 aromatic rings. The first kappa shape index (κ1) is 23.4. The van der Waals surface area contributed by atoms with Crippen molar-refractivity contribution in [3.05, 3.63) is 74.8 Å². The van der Waals surface area contributed by atoms with E-state index in [4.69, 9.17) is 23.2 Å². The molecule has 0 aliphatic rings. The fraction of sp³-hybridized carbons (Fsp3) is 0.143. The van der Waals surface area contributed by atoms with Crippen LogP contribution in [0.4, 0.5) is 5.13 Å². The van der Waals surface area contributed by atoms with E-state index in [-0.39, 0.29) is 36.0 Å². The Balaban J connectivity index is 1.30. The molecule has 2 aromatic heterocycles. The lowest BCUT2D eigenvalue weighted by molar-refractivity contribution is -0.116. The Morgan fingerprint density at radius 2 is 1.94 bits per heavy atom. The molecule has 0 spiro atoms. The lowest BCUT2D eigenvalue weighted by Crippen LogP contribution is -2.23. The van der Waals surface area contributed by atoms with Gasteiger partial charge < -0.3 is 5.32 Å². The molecule has 12 heteroatoms. The zero-order chi connectivity index (χ0) is 23.4. The van der Waals surface area contributed by atoms with Gasteiger partial charge in [0, 0.05) is 23.6 Å². The van der Waals surface area contributed by atoms with E-state index < -0.39 is 0 Å². The van der Waals surface area contributed by atoms with Crippen molar-refractivity contribution < 1.29 is 9.59 Å². The minimum atomic E-state index is -0.313. The third-order valence-electron chi connectivity index (χ3n) is 4.52. The number of anilines is 1. The normalized spacial score (nSPS) is 11.0. The lowest BCUT2D eigenvalue weighted by atomic mass is 10.1. The van der Waals surface area contributed by atoms with Crippen molar-refractivity contribution in [1.82, 2.24) is 19.7 Å². The first-order valence-corrected chi connectivity index (χ1v) is 12.1. The second-order valence-corrected chi connectivity index (χ2v) is 9.81. The molecular formula is C21H15Cl2N5O3S2. The van der Waals surface area contributed by atoms with Crippen LogP contribution in [0.5, 0.6) is 0 Å². The van der Waals surface area contributed by atoms with Gasteiger partial charge >= 0.3 is 0 Å². The van der Waals surface area contributed by atoms with Crippen molar-refractivity contribution >= 4 is 74.0 Å². The number of para-hydroxylation sites is 1. The number of nitrogens with one attached hydrogen (secondary N) is 1. The van der Waals surface area contributed by atoms with Crippen molar-refractivity contribution in [2.24, 2.45) is 0 Å². The van der Waals surface area contributed by atoms with Crippen LogP contribution < -0.4 is 10.9 Å². The SMILES string of the molecule is O=C(CCn1cnc2ccccc2c1=O)Nc1nnc(SCC(=O)c2ccc(Cl)cc2Cl)s1. The summed E-state index contributed by atoms with van der Waals surface area (Å²) < 4.78 is 1.93. The minimum Gasteiger partial charge on any atom is -0.300 e. The third kappa shape index (κ3) is 5.77. The quantitative estimate of drug-likeness (QED) is 0.206. The van der Waals surface area contributed by atoms with E-state index >= 15 is 0 Å². The predicted octanol–water partition coefficient (Wildman–Crippen LogP) is 4.56. The maximum atomic E-state index is 12.5. The van der Waals surface area contributed by atoms with Crippen LogP contribution in [0.3, 0.4) is 0 Å². The van der Waals surface area contributed by atoms with Crippen molar-refractivity contribution in [3.8, 4) is 0 Å². The number of halogens is 2. The van der Waals surface area contributed by atoms with E-state index in [1.807, 2.05) is 6.07 Å². The van der Waals surface area contributed by atoms with Gasteiger partial charge in [-0.3, -0.25) is 19.0 Å². The van der Waals surface area contributed by atoms with Crippen LogP contribution in [0, 0.1) is 0 Å². The second-order valence-electron chi connectivity index (χ2n) is 6.77. The van der Waals surface area contributed by atoms with Crippen LogP contribution in [0.2, 0.25) is 10.0 Å². The summed E-state index contributed by atoms with van der Waals surface area (Å²) in [6.07, 6.45) is 1.50. The Morgan fingerprint density at radius 3 is 2.76 bits per heavy atom. The van der Waals surface area contributed by atoms with Gasteiger partial charge in [0.2, 0.25) is 11.0 Å². The summed E-state index contributed by atoms with van der Waals surface area (Å²) in [4.78, 5) is 41.4. The maximum Gasteiger partial charge on any atom is 0.261 e. The number of carbonyl (C=O) groups excluding carboxylic acids is 2. The van der Waals surface area contributed by atoms with Gasteiger partial charge in [-0.2, -0.15) is 0 Å².